The molecule has 20 nitrogen and oxygen atoms in total. The van der Waals surface area contributed by atoms with Crippen molar-refractivity contribution < 1.29 is 28.0 Å². The highest BCUT2D eigenvalue weighted by Crippen LogP contribution is 2.47. The minimum Gasteiger partial charge on any atom is -0.352 e. The summed E-state index contributed by atoms with van der Waals surface area (Å²) in [4.78, 5) is 54.4. The fourth-order valence-electron chi connectivity index (χ4n) is 12.0. The lowest BCUT2D eigenvalue weighted by atomic mass is 9.69. The summed E-state index contributed by atoms with van der Waals surface area (Å²) in [6.45, 7) is 8.41. The summed E-state index contributed by atoms with van der Waals surface area (Å²) in [6, 6.07) is 24.4. The topological polar surface area (TPSA) is 279 Å². The number of rotatable bonds is 16. The second kappa shape index (κ2) is 24.5. The van der Waals surface area contributed by atoms with Crippen LogP contribution in [0.4, 0.5) is 8.78 Å². The number of amides is 4. The molecule has 6 aromatic rings. The van der Waals surface area contributed by atoms with Crippen LogP contribution in [0.5, 0.6) is 0 Å². The van der Waals surface area contributed by atoms with Gasteiger partial charge in [-0.1, -0.05) is 34.7 Å². The third-order valence-corrected chi connectivity index (χ3v) is 15.6. The zero-order chi connectivity index (χ0) is 55.7. The molecule has 4 aliphatic rings. The average molecular weight is 1080 g/mol. The second-order valence-electron chi connectivity index (χ2n) is 20.7. The monoisotopic (exact) mass is 1070 g/mol. The summed E-state index contributed by atoms with van der Waals surface area (Å²) in [5.41, 5.74) is 6.42. The van der Waals surface area contributed by atoms with Gasteiger partial charge in [-0.25, -0.2) is 8.78 Å². The number of fused-ring (bicyclic) bond motifs is 4. The number of aryl methyl sites for hydroxylation is 4. The van der Waals surface area contributed by atoms with E-state index < -0.39 is 10.8 Å². The first-order valence-corrected chi connectivity index (χ1v) is 27.0. The van der Waals surface area contributed by atoms with Gasteiger partial charge < -0.3 is 31.1 Å². The Morgan fingerprint density at radius 2 is 1.06 bits per heavy atom. The Morgan fingerprint density at radius 1 is 0.646 bits per heavy atom. The fourth-order valence-corrected chi connectivity index (χ4v) is 12.0. The Kier molecular flexibility index (Phi) is 17.2. The van der Waals surface area contributed by atoms with Crippen LogP contribution in [0, 0.1) is 34.3 Å². The largest absolute Gasteiger partial charge is 0.352 e. The number of carbonyl (C=O) groups is 4. The van der Waals surface area contributed by atoms with Gasteiger partial charge in [-0.05, 0) is 191 Å². The summed E-state index contributed by atoms with van der Waals surface area (Å²) in [6.07, 6.45) is 6.31. The molecule has 4 amide bonds. The van der Waals surface area contributed by atoms with E-state index in [9.17, 15) is 38.5 Å². The molecule has 4 aromatic carbocycles. The minimum absolute atomic E-state index is 0.00487. The van der Waals surface area contributed by atoms with E-state index in [0.717, 1.165) is 57.3 Å². The van der Waals surface area contributed by atoms with E-state index in [-0.39, 0.29) is 66.5 Å². The molecule has 4 heterocycles. The van der Waals surface area contributed by atoms with Crippen molar-refractivity contribution in [3.05, 3.63) is 152 Å². The van der Waals surface area contributed by atoms with Gasteiger partial charge in [0.1, 0.15) is 23.7 Å². The standard InChI is InChI=1S/C29H33FN8O2.C28H31FN8O2/c1-18(2)33-27(40)21-7-9-24-19(14-21)5-6-20-15-22(30)8-10-25(20)29(24,28-34-36-37-35-28)11-12-32-17-26(39)38-13-3-4-23(38)16-31;1-2-32-26(39)20-7-9-23-18(14-20)5-6-19-15-21(29)8-10-24(19)28(23,27-33-35-36-34-27)11-12-31-17-25(38)37-13-3-4-22(37)16-30/h7-10,14-15,18,23,32H,3-6,11-13,17H2,1-2H3,(H,33,40)(H,34,35,36,37);7-10,14-15,22,31H,2-6,11-13,17H2,1H3,(H,32,39)(H,33,34,35,36)/t23-,29?;22-,28?/m00/s1. The van der Waals surface area contributed by atoms with Crippen molar-refractivity contribution in [2.75, 3.05) is 45.8 Å². The number of nitriles is 2. The van der Waals surface area contributed by atoms with Gasteiger partial charge in [0.2, 0.25) is 11.8 Å². The number of benzene rings is 4. The fraction of sp³-hybridized carbons (Fsp3) is 0.439. The number of likely N-dealkylation sites (tertiary alicyclic amines) is 2. The van der Waals surface area contributed by atoms with Crippen molar-refractivity contribution in [1.29, 1.82) is 10.5 Å². The van der Waals surface area contributed by atoms with E-state index in [1.165, 1.54) is 12.1 Å². The molecule has 2 aromatic heterocycles. The average Bonchev–Trinajstić information content (AvgIpc) is 4.54. The second-order valence-corrected chi connectivity index (χ2v) is 20.7. The Balaban J connectivity index is 0.000000192. The molecule has 6 N–H and O–H groups in total. The number of H-pyrrole nitrogens is 2. The first-order chi connectivity index (χ1) is 38.3. The van der Waals surface area contributed by atoms with E-state index in [1.807, 2.05) is 45.0 Å². The van der Waals surface area contributed by atoms with Gasteiger partial charge in [0.25, 0.3) is 11.8 Å². The Hall–Kier alpha value is -8.34. The lowest BCUT2D eigenvalue weighted by Gasteiger charge is -2.34. The molecule has 2 saturated heterocycles. The Morgan fingerprint density at radius 3 is 1.46 bits per heavy atom. The van der Waals surface area contributed by atoms with Crippen LogP contribution in [0.3, 0.4) is 0 Å². The molecule has 0 spiro atoms. The highest BCUT2D eigenvalue weighted by atomic mass is 19.1. The predicted molar refractivity (Wildman–Crippen MR) is 285 cm³/mol. The zero-order valence-electron chi connectivity index (χ0n) is 44.5. The molecule has 10 rings (SSSR count). The summed E-state index contributed by atoms with van der Waals surface area (Å²) < 4.78 is 28.9. The van der Waals surface area contributed by atoms with Gasteiger partial charge in [-0.2, -0.15) is 21.0 Å². The van der Waals surface area contributed by atoms with Crippen molar-refractivity contribution in [2.24, 2.45) is 0 Å². The number of aromatic amines is 2. The van der Waals surface area contributed by atoms with E-state index in [0.29, 0.717) is 107 Å². The van der Waals surface area contributed by atoms with Crippen LogP contribution in [0.2, 0.25) is 0 Å². The smallest absolute Gasteiger partial charge is 0.251 e. The first kappa shape index (κ1) is 55.4. The summed E-state index contributed by atoms with van der Waals surface area (Å²) in [5.74, 6) is -0.326. The maximum absolute atomic E-state index is 14.5. The quantitative estimate of drug-likeness (QED) is 0.0733. The first-order valence-electron chi connectivity index (χ1n) is 27.0. The third kappa shape index (κ3) is 11.5. The van der Waals surface area contributed by atoms with Crippen molar-refractivity contribution in [3.8, 4) is 12.1 Å². The molecule has 79 heavy (non-hydrogen) atoms. The predicted octanol–water partition coefficient (Wildman–Crippen LogP) is 4.42. The molecule has 0 bridgehead atoms. The van der Waals surface area contributed by atoms with E-state index in [1.54, 1.807) is 46.2 Å². The van der Waals surface area contributed by atoms with Gasteiger partial charge in [0.05, 0.1) is 36.1 Å². The minimum atomic E-state index is -0.909. The van der Waals surface area contributed by atoms with Crippen LogP contribution >= 0.6 is 0 Å². The maximum atomic E-state index is 14.5. The number of nitrogens with zero attached hydrogens (tertiary/aromatic N) is 10. The van der Waals surface area contributed by atoms with Gasteiger partial charge >= 0.3 is 0 Å². The number of hydrogen-bond acceptors (Lipinski definition) is 14. The molecule has 0 saturated carbocycles. The van der Waals surface area contributed by atoms with Crippen LogP contribution < -0.4 is 21.3 Å². The van der Waals surface area contributed by atoms with Crippen LogP contribution in [0.1, 0.15) is 136 Å². The number of halogens is 2. The van der Waals surface area contributed by atoms with Crippen LogP contribution in [0.15, 0.2) is 72.8 Å². The molecule has 0 radical (unpaired) electrons. The van der Waals surface area contributed by atoms with Crippen LogP contribution in [0.25, 0.3) is 0 Å². The van der Waals surface area contributed by atoms with Gasteiger partial charge in [-0.3, -0.25) is 19.2 Å². The van der Waals surface area contributed by atoms with Crippen molar-refractivity contribution in [1.82, 2.24) is 72.3 Å². The van der Waals surface area contributed by atoms with E-state index >= 15 is 0 Å². The summed E-state index contributed by atoms with van der Waals surface area (Å²) >= 11 is 0. The summed E-state index contributed by atoms with van der Waals surface area (Å²) in [5, 5.41) is 61.5. The lowest BCUT2D eigenvalue weighted by Crippen LogP contribution is -2.42. The molecule has 2 fully saturated rings. The molecule has 2 aliphatic carbocycles. The highest BCUT2D eigenvalue weighted by Gasteiger charge is 2.46. The van der Waals surface area contributed by atoms with Crippen LogP contribution in [-0.2, 0) is 46.1 Å². The SMILES string of the molecule is CC(C)NC(=O)c1ccc2c(c1)CCc1cc(F)ccc1C2(CCNCC(=O)N1CCC[C@H]1C#N)c1nn[nH]n1.CCNC(=O)c1ccc2c(c1)CCc1cc(F)ccc1C2(CCNCC(=O)N1CCC[C@H]1C#N)c1nn[nH]n1. The molecule has 2 aliphatic heterocycles. The van der Waals surface area contributed by atoms with E-state index in [2.05, 4.69) is 74.7 Å². The number of tetrazole rings is 2. The van der Waals surface area contributed by atoms with Gasteiger partial charge in [-0.15, -0.1) is 20.4 Å². The molecular formula is C57H64F2N16O4. The lowest BCUT2D eigenvalue weighted by molar-refractivity contribution is -0.131. The third-order valence-electron chi connectivity index (χ3n) is 15.6. The van der Waals surface area contributed by atoms with Crippen molar-refractivity contribution in [2.45, 2.75) is 114 Å². The normalized spacial score (nSPS) is 20.0. The van der Waals surface area contributed by atoms with Crippen LogP contribution in [-0.4, -0.2) is 139 Å². The molecule has 4 atom stereocenters. The Bertz CT molecular complexity index is 3270. The maximum Gasteiger partial charge on any atom is 0.251 e. The number of nitrogens with one attached hydrogen (secondary N) is 6. The zero-order valence-corrected chi connectivity index (χ0v) is 44.5. The molecule has 410 valence electrons. The van der Waals surface area contributed by atoms with E-state index in [4.69, 9.17) is 0 Å². The number of aromatic nitrogens is 8. The highest BCUT2D eigenvalue weighted by molar-refractivity contribution is 5.95. The van der Waals surface area contributed by atoms with Crippen molar-refractivity contribution >= 4 is 23.6 Å². The van der Waals surface area contributed by atoms with Gasteiger partial charge in [0.15, 0.2) is 11.6 Å². The Labute approximate surface area is 456 Å². The van der Waals surface area contributed by atoms with Gasteiger partial charge in [0, 0.05) is 36.8 Å². The van der Waals surface area contributed by atoms with Crippen molar-refractivity contribution in [3.63, 3.8) is 0 Å². The number of hydrogen-bond donors (Lipinski definition) is 6. The number of carbonyl (C=O) groups excluding carboxylic acids is 4. The summed E-state index contributed by atoms with van der Waals surface area (Å²) in [7, 11) is 0. The molecule has 22 heteroatoms. The molecular weight excluding hydrogens is 1010 g/mol. The molecule has 2 unspecified atom stereocenters.